The lowest BCUT2D eigenvalue weighted by atomic mass is 10.1. The van der Waals surface area contributed by atoms with E-state index >= 15 is 0 Å². The van der Waals surface area contributed by atoms with Gasteiger partial charge in [-0.3, -0.25) is 9.79 Å². The zero-order valence-electron chi connectivity index (χ0n) is 19.4. The highest BCUT2D eigenvalue weighted by molar-refractivity contribution is 8.14. The average Bonchev–Trinajstić information content (AvgIpc) is 2.92. The Bertz CT molecular complexity index is 1230. The number of amidine groups is 1. The van der Waals surface area contributed by atoms with Crippen LogP contribution in [0.4, 0.5) is 5.69 Å². The van der Waals surface area contributed by atoms with Crippen LogP contribution in [0.2, 0.25) is 0 Å². The van der Waals surface area contributed by atoms with Crippen molar-refractivity contribution in [2.24, 2.45) is 4.99 Å². The van der Waals surface area contributed by atoms with Crippen LogP contribution < -0.4 is 10.1 Å². The fraction of sp³-hybridized carbons (Fsp3) is 0.179. The Morgan fingerprint density at radius 3 is 2.46 bits per heavy atom. The van der Waals surface area contributed by atoms with Gasteiger partial charge in [0.2, 0.25) is 0 Å². The van der Waals surface area contributed by atoms with Gasteiger partial charge in [0, 0.05) is 29.1 Å². The second kappa shape index (κ2) is 12.0. The number of para-hydroxylation sites is 1. The number of allylic oxidation sites excluding steroid dienone is 1. The standard InChI is InChI=1S/C28H26N2O4S/c1-33-27(32)23-9-7-20(8-10-23)19-34-26-6-3-2-5-22(26)13-16-25(31)21-11-14-24(15-12-21)30-28-29-17-4-18-35-28/h2-3,5-16H,4,17-19H2,1H3,(H,29,30)/b16-13+. The molecule has 1 N–H and O–H groups in total. The number of methoxy groups -OCH3 is 1. The van der Waals surface area contributed by atoms with Gasteiger partial charge in [0.05, 0.1) is 12.7 Å². The molecule has 0 spiro atoms. The number of benzene rings is 3. The molecule has 6 nitrogen and oxygen atoms in total. The number of hydrogen-bond acceptors (Lipinski definition) is 7. The lowest BCUT2D eigenvalue weighted by Gasteiger charge is -2.13. The van der Waals surface area contributed by atoms with Crippen molar-refractivity contribution in [1.82, 2.24) is 0 Å². The third-order valence-corrected chi connectivity index (χ3v) is 6.32. The minimum absolute atomic E-state index is 0.0888. The van der Waals surface area contributed by atoms with Gasteiger partial charge in [-0.05, 0) is 66.6 Å². The third kappa shape index (κ3) is 6.83. The highest BCUT2D eigenvalue weighted by Gasteiger charge is 2.08. The number of carbonyl (C=O) groups excluding carboxylic acids is 2. The van der Waals surface area contributed by atoms with Gasteiger partial charge >= 0.3 is 5.97 Å². The SMILES string of the molecule is COC(=O)c1ccc(COc2ccccc2/C=C/C(=O)c2ccc(NC3=NCCCS3)cc2)cc1. The zero-order chi connectivity index (χ0) is 24.5. The monoisotopic (exact) mass is 486 g/mol. The molecule has 7 heteroatoms. The van der Waals surface area contributed by atoms with Crippen molar-refractivity contribution in [2.45, 2.75) is 13.0 Å². The molecular formula is C28H26N2O4S. The highest BCUT2D eigenvalue weighted by atomic mass is 32.2. The maximum atomic E-state index is 12.7. The van der Waals surface area contributed by atoms with E-state index in [1.807, 2.05) is 60.7 Å². The second-order valence-electron chi connectivity index (χ2n) is 7.80. The molecule has 178 valence electrons. The minimum Gasteiger partial charge on any atom is -0.488 e. The summed E-state index contributed by atoms with van der Waals surface area (Å²) in [5, 5.41) is 4.22. The summed E-state index contributed by atoms with van der Waals surface area (Å²) in [5.41, 5.74) is 3.73. The van der Waals surface area contributed by atoms with E-state index in [4.69, 9.17) is 9.47 Å². The third-order valence-electron chi connectivity index (χ3n) is 5.32. The van der Waals surface area contributed by atoms with Gasteiger partial charge in [-0.15, -0.1) is 0 Å². The highest BCUT2D eigenvalue weighted by Crippen LogP contribution is 2.22. The summed E-state index contributed by atoms with van der Waals surface area (Å²) >= 11 is 1.71. The minimum atomic E-state index is -0.374. The Morgan fingerprint density at radius 2 is 1.74 bits per heavy atom. The number of aliphatic imine (C=N–C) groups is 1. The largest absolute Gasteiger partial charge is 0.488 e. The number of esters is 1. The van der Waals surface area contributed by atoms with Crippen molar-refractivity contribution < 1.29 is 19.1 Å². The Labute approximate surface area is 209 Å². The molecule has 0 saturated heterocycles. The van der Waals surface area contributed by atoms with Gasteiger partial charge in [0.25, 0.3) is 0 Å². The van der Waals surface area contributed by atoms with Crippen LogP contribution in [-0.4, -0.2) is 36.3 Å². The van der Waals surface area contributed by atoms with Crippen LogP contribution in [0.3, 0.4) is 0 Å². The lowest BCUT2D eigenvalue weighted by Crippen LogP contribution is -2.13. The molecule has 1 aliphatic heterocycles. The summed E-state index contributed by atoms with van der Waals surface area (Å²) in [5.74, 6) is 1.27. The molecule has 1 heterocycles. The molecule has 0 unspecified atom stereocenters. The van der Waals surface area contributed by atoms with E-state index in [-0.39, 0.29) is 11.8 Å². The Balaban J connectivity index is 1.37. The smallest absolute Gasteiger partial charge is 0.337 e. The summed E-state index contributed by atoms with van der Waals surface area (Å²) in [4.78, 5) is 28.7. The summed E-state index contributed by atoms with van der Waals surface area (Å²) in [6, 6.07) is 22.0. The van der Waals surface area contributed by atoms with E-state index in [1.54, 1.807) is 36.0 Å². The molecule has 1 aliphatic rings. The Hall–Kier alpha value is -3.84. The van der Waals surface area contributed by atoms with Crippen molar-refractivity contribution in [1.29, 1.82) is 0 Å². The van der Waals surface area contributed by atoms with Gasteiger partial charge in [-0.2, -0.15) is 0 Å². The molecule has 0 aliphatic carbocycles. The van der Waals surface area contributed by atoms with E-state index in [0.29, 0.717) is 23.5 Å². The van der Waals surface area contributed by atoms with E-state index in [9.17, 15) is 9.59 Å². The van der Waals surface area contributed by atoms with Gasteiger partial charge in [0.15, 0.2) is 11.0 Å². The van der Waals surface area contributed by atoms with Crippen LogP contribution in [0, 0.1) is 0 Å². The van der Waals surface area contributed by atoms with Gasteiger partial charge < -0.3 is 14.8 Å². The number of carbonyl (C=O) groups is 2. The molecule has 3 aromatic rings. The molecule has 0 atom stereocenters. The number of ether oxygens (including phenoxy) is 2. The Kier molecular flexibility index (Phi) is 8.35. The van der Waals surface area contributed by atoms with Crippen LogP contribution in [0.15, 0.2) is 83.9 Å². The molecule has 35 heavy (non-hydrogen) atoms. The van der Waals surface area contributed by atoms with E-state index in [0.717, 1.165) is 40.7 Å². The summed E-state index contributed by atoms with van der Waals surface area (Å²) in [7, 11) is 1.36. The summed E-state index contributed by atoms with van der Waals surface area (Å²) in [6.45, 7) is 1.18. The van der Waals surface area contributed by atoms with E-state index < -0.39 is 0 Å². The van der Waals surface area contributed by atoms with E-state index in [2.05, 4.69) is 10.3 Å². The first kappa shape index (κ1) is 24.3. The number of ketones is 1. The number of thioether (sulfide) groups is 1. The predicted molar refractivity (Wildman–Crippen MR) is 141 cm³/mol. The van der Waals surface area contributed by atoms with Crippen molar-refractivity contribution >= 4 is 40.4 Å². The summed E-state index contributed by atoms with van der Waals surface area (Å²) < 4.78 is 10.7. The quantitative estimate of drug-likeness (QED) is 0.244. The van der Waals surface area contributed by atoms with Crippen LogP contribution in [0.25, 0.3) is 6.08 Å². The number of nitrogens with zero attached hydrogens (tertiary/aromatic N) is 1. The van der Waals surface area contributed by atoms with Crippen LogP contribution in [0.5, 0.6) is 5.75 Å². The molecule has 4 rings (SSSR count). The molecule has 0 amide bonds. The molecule has 0 fully saturated rings. The lowest BCUT2D eigenvalue weighted by molar-refractivity contribution is 0.0600. The molecular weight excluding hydrogens is 460 g/mol. The molecule has 0 aromatic heterocycles. The molecule has 0 bridgehead atoms. The first-order chi connectivity index (χ1) is 17.1. The number of hydrogen-bond donors (Lipinski definition) is 1. The predicted octanol–water partition coefficient (Wildman–Crippen LogP) is 5.85. The summed E-state index contributed by atoms with van der Waals surface area (Å²) in [6.07, 6.45) is 4.42. The number of anilines is 1. The average molecular weight is 487 g/mol. The maximum Gasteiger partial charge on any atom is 0.337 e. The van der Waals surface area contributed by atoms with Crippen molar-refractivity contribution in [3.8, 4) is 5.75 Å². The molecule has 0 saturated carbocycles. The molecule has 0 radical (unpaired) electrons. The van der Waals surface area contributed by atoms with E-state index in [1.165, 1.54) is 7.11 Å². The first-order valence-corrected chi connectivity index (χ1v) is 12.3. The zero-order valence-corrected chi connectivity index (χ0v) is 20.2. The van der Waals surface area contributed by atoms with Crippen molar-refractivity contribution in [3.05, 3.63) is 101 Å². The van der Waals surface area contributed by atoms with Gasteiger partial charge in [-0.1, -0.05) is 42.1 Å². The van der Waals surface area contributed by atoms with Crippen LogP contribution in [-0.2, 0) is 11.3 Å². The molecule has 3 aromatic carbocycles. The maximum absolute atomic E-state index is 12.7. The van der Waals surface area contributed by atoms with Crippen LogP contribution in [0.1, 0.15) is 38.3 Å². The Morgan fingerprint density at radius 1 is 1.00 bits per heavy atom. The first-order valence-electron chi connectivity index (χ1n) is 11.3. The van der Waals surface area contributed by atoms with Crippen molar-refractivity contribution in [2.75, 3.05) is 24.7 Å². The second-order valence-corrected chi connectivity index (χ2v) is 8.89. The number of rotatable bonds is 8. The fourth-order valence-corrected chi connectivity index (χ4v) is 4.24. The van der Waals surface area contributed by atoms with Gasteiger partial charge in [0.1, 0.15) is 12.4 Å². The fourth-order valence-electron chi connectivity index (χ4n) is 3.40. The van der Waals surface area contributed by atoms with Gasteiger partial charge in [-0.25, -0.2) is 4.79 Å². The topological polar surface area (TPSA) is 77.0 Å². The number of nitrogens with one attached hydrogen (secondary N) is 1. The normalized spacial score (nSPS) is 13.2. The van der Waals surface area contributed by atoms with Crippen LogP contribution >= 0.6 is 11.8 Å². The van der Waals surface area contributed by atoms with Crippen molar-refractivity contribution in [3.63, 3.8) is 0 Å².